The molecule has 2 unspecified atom stereocenters. The van der Waals surface area contributed by atoms with Gasteiger partial charge in [-0.2, -0.15) is 0 Å². The summed E-state index contributed by atoms with van der Waals surface area (Å²) in [6.07, 6.45) is 58.4. The topological polar surface area (TPSA) is 99.1 Å². The molecule has 0 aromatic carbocycles. The highest BCUT2D eigenvalue weighted by molar-refractivity contribution is 5.72. The lowest BCUT2D eigenvalue weighted by Crippen LogP contribution is -2.50. The van der Waals surface area contributed by atoms with Gasteiger partial charge in [0.05, 0.1) is 34.4 Å². The third kappa shape index (κ3) is 44.2. The van der Waals surface area contributed by atoms with Gasteiger partial charge in [-0.25, -0.2) is 4.79 Å². The third-order valence-corrected chi connectivity index (χ3v) is 11.7. The number of carbonyl (C=O) groups excluding carboxylic acids is 2. The van der Waals surface area contributed by atoms with E-state index < -0.39 is 18.1 Å². The fourth-order valence-electron chi connectivity index (χ4n) is 7.61. The molecule has 8 nitrogen and oxygen atoms in total. The van der Waals surface area contributed by atoms with Crippen molar-refractivity contribution in [3.8, 4) is 0 Å². The van der Waals surface area contributed by atoms with E-state index in [-0.39, 0.29) is 36.2 Å². The number of nitrogens with zero attached hydrogens (tertiary/aromatic N) is 1. The Hall–Kier alpha value is -2.97. The minimum Gasteiger partial charge on any atom is -0.477 e. The number of carboxylic acids is 1. The predicted octanol–water partition coefficient (Wildman–Crippen LogP) is 15.3. The first-order valence-electron chi connectivity index (χ1n) is 26.3. The standard InChI is InChI=1S/C56H99NO7/c1-6-8-10-12-14-16-18-20-22-24-26-27-28-29-31-32-34-36-38-40-42-44-46-54(58)63-51-52(50-62-49-48-53(56(60)61)57(3,4)5)64-55(59)47-45-43-41-39-37-35-33-30-25-23-21-19-17-15-13-11-9-7-2/h8,10,14,16,20,22,26-27,30,33,52-53H,6-7,9,11-13,15,17-19,21,23-25,28-29,31-32,34-51H2,1-5H3/p+1/b10-8+,16-14+,22-20+,27-26+,33-30+. The highest BCUT2D eigenvalue weighted by Gasteiger charge is 2.31. The van der Waals surface area contributed by atoms with Gasteiger partial charge in [-0.05, 0) is 77.0 Å². The van der Waals surface area contributed by atoms with Crippen LogP contribution in [0.2, 0.25) is 0 Å². The lowest BCUT2D eigenvalue weighted by molar-refractivity contribution is -0.887. The molecule has 1 N–H and O–H groups in total. The average Bonchev–Trinajstić information content (AvgIpc) is 3.26. The number of rotatable bonds is 47. The van der Waals surface area contributed by atoms with Crippen LogP contribution in [0.15, 0.2) is 60.8 Å². The van der Waals surface area contributed by atoms with Gasteiger partial charge in [-0.1, -0.05) is 190 Å². The average molecular weight is 899 g/mol. The fourth-order valence-corrected chi connectivity index (χ4v) is 7.61. The van der Waals surface area contributed by atoms with Gasteiger partial charge in [0.1, 0.15) is 6.61 Å². The van der Waals surface area contributed by atoms with E-state index in [1.807, 2.05) is 21.1 Å². The minimum absolute atomic E-state index is 0.0551. The van der Waals surface area contributed by atoms with Crippen LogP contribution in [0.4, 0.5) is 0 Å². The number of carbonyl (C=O) groups is 3. The second-order valence-corrected chi connectivity index (χ2v) is 18.7. The lowest BCUT2D eigenvalue weighted by Gasteiger charge is -2.31. The molecule has 0 amide bonds. The smallest absolute Gasteiger partial charge is 0.362 e. The molecule has 0 radical (unpaired) electrons. The Morgan fingerprint density at radius 1 is 0.484 bits per heavy atom. The monoisotopic (exact) mass is 899 g/mol. The molecule has 0 fully saturated rings. The Morgan fingerprint density at radius 2 is 0.875 bits per heavy atom. The number of hydrogen-bond acceptors (Lipinski definition) is 6. The van der Waals surface area contributed by atoms with Crippen LogP contribution >= 0.6 is 0 Å². The molecule has 0 spiro atoms. The summed E-state index contributed by atoms with van der Waals surface area (Å²) in [6, 6.07) is -0.619. The molecular weight excluding hydrogens is 799 g/mol. The molecule has 0 saturated carbocycles. The Bertz CT molecular complexity index is 1230. The molecule has 370 valence electrons. The van der Waals surface area contributed by atoms with Crippen molar-refractivity contribution in [2.45, 2.75) is 238 Å². The number of likely N-dealkylation sites (N-methyl/N-ethyl adjacent to an activating group) is 1. The van der Waals surface area contributed by atoms with Crippen LogP contribution in [0.1, 0.15) is 226 Å². The summed E-state index contributed by atoms with van der Waals surface area (Å²) in [4.78, 5) is 37.2. The number of allylic oxidation sites excluding steroid dienone is 10. The molecule has 0 heterocycles. The van der Waals surface area contributed by atoms with E-state index >= 15 is 0 Å². The Labute approximate surface area is 394 Å². The van der Waals surface area contributed by atoms with Crippen LogP contribution in [-0.2, 0) is 28.6 Å². The van der Waals surface area contributed by atoms with E-state index in [2.05, 4.69) is 74.6 Å². The van der Waals surface area contributed by atoms with Crippen molar-refractivity contribution in [2.75, 3.05) is 41.0 Å². The van der Waals surface area contributed by atoms with Crippen molar-refractivity contribution in [3.63, 3.8) is 0 Å². The lowest BCUT2D eigenvalue weighted by atomic mass is 10.1. The zero-order valence-corrected chi connectivity index (χ0v) is 42.2. The summed E-state index contributed by atoms with van der Waals surface area (Å²) >= 11 is 0. The molecule has 64 heavy (non-hydrogen) atoms. The summed E-state index contributed by atoms with van der Waals surface area (Å²) in [7, 11) is 5.53. The maximum absolute atomic E-state index is 12.8. The van der Waals surface area contributed by atoms with Crippen molar-refractivity contribution in [1.29, 1.82) is 0 Å². The summed E-state index contributed by atoms with van der Waals surface area (Å²) in [5, 5.41) is 9.66. The number of esters is 2. The van der Waals surface area contributed by atoms with Crippen molar-refractivity contribution in [1.82, 2.24) is 0 Å². The van der Waals surface area contributed by atoms with E-state index in [4.69, 9.17) is 14.2 Å². The highest BCUT2D eigenvalue weighted by atomic mass is 16.6. The van der Waals surface area contributed by atoms with Crippen molar-refractivity contribution < 1.29 is 38.2 Å². The normalized spacial score (nSPS) is 13.3. The number of ether oxygens (including phenoxy) is 3. The van der Waals surface area contributed by atoms with E-state index in [0.29, 0.717) is 19.3 Å². The fraction of sp³-hybridized carbons (Fsp3) is 0.768. The molecule has 0 aromatic heterocycles. The van der Waals surface area contributed by atoms with E-state index in [9.17, 15) is 19.5 Å². The van der Waals surface area contributed by atoms with Gasteiger partial charge in [-0.15, -0.1) is 0 Å². The van der Waals surface area contributed by atoms with Crippen molar-refractivity contribution in [3.05, 3.63) is 60.8 Å². The second kappa shape index (κ2) is 46.6. The zero-order valence-electron chi connectivity index (χ0n) is 42.2. The number of carboxylic acid groups (broad SMARTS) is 1. The van der Waals surface area contributed by atoms with E-state index in [1.165, 1.54) is 109 Å². The van der Waals surface area contributed by atoms with Gasteiger partial charge in [0.2, 0.25) is 0 Å². The minimum atomic E-state index is -0.877. The van der Waals surface area contributed by atoms with Crippen LogP contribution < -0.4 is 0 Å². The molecule has 2 atom stereocenters. The third-order valence-electron chi connectivity index (χ3n) is 11.7. The van der Waals surface area contributed by atoms with Gasteiger partial charge in [-0.3, -0.25) is 9.59 Å². The van der Waals surface area contributed by atoms with Crippen molar-refractivity contribution >= 4 is 17.9 Å². The second-order valence-electron chi connectivity index (χ2n) is 18.7. The first-order valence-corrected chi connectivity index (χ1v) is 26.3. The molecule has 0 saturated heterocycles. The van der Waals surface area contributed by atoms with Crippen LogP contribution in [-0.4, -0.2) is 80.6 Å². The molecule has 8 heteroatoms. The van der Waals surface area contributed by atoms with Gasteiger partial charge < -0.3 is 23.8 Å². The summed E-state index contributed by atoms with van der Waals surface area (Å²) in [6.45, 7) is 4.63. The number of unbranched alkanes of at least 4 members (excludes halogenated alkanes) is 23. The Kier molecular flexibility index (Phi) is 44.4. The molecule has 0 aromatic rings. The predicted molar refractivity (Wildman–Crippen MR) is 271 cm³/mol. The maximum atomic E-state index is 12.8. The van der Waals surface area contributed by atoms with Crippen LogP contribution in [0.5, 0.6) is 0 Å². The van der Waals surface area contributed by atoms with Crippen LogP contribution in [0, 0.1) is 0 Å². The van der Waals surface area contributed by atoms with Gasteiger partial charge in [0, 0.05) is 19.3 Å². The Morgan fingerprint density at radius 3 is 1.31 bits per heavy atom. The summed E-state index contributed by atoms with van der Waals surface area (Å²) in [5.41, 5.74) is 0. The number of hydrogen-bond donors (Lipinski definition) is 1. The maximum Gasteiger partial charge on any atom is 0.362 e. The van der Waals surface area contributed by atoms with Crippen LogP contribution in [0.3, 0.4) is 0 Å². The molecule has 0 aliphatic carbocycles. The van der Waals surface area contributed by atoms with E-state index in [0.717, 1.165) is 83.5 Å². The van der Waals surface area contributed by atoms with Gasteiger partial charge in [0.25, 0.3) is 0 Å². The summed E-state index contributed by atoms with van der Waals surface area (Å²) in [5.74, 6) is -1.48. The first kappa shape index (κ1) is 61.0. The zero-order chi connectivity index (χ0) is 47.0. The molecular formula is C56H100NO7+. The molecule has 0 rings (SSSR count). The first-order chi connectivity index (χ1) is 31.1. The van der Waals surface area contributed by atoms with Crippen molar-refractivity contribution in [2.24, 2.45) is 0 Å². The number of quaternary nitrogens is 1. The molecule has 0 bridgehead atoms. The van der Waals surface area contributed by atoms with Gasteiger partial charge in [0.15, 0.2) is 12.1 Å². The van der Waals surface area contributed by atoms with E-state index in [1.54, 1.807) is 0 Å². The number of aliphatic carboxylic acids is 1. The quantitative estimate of drug-likeness (QED) is 0.0281. The Balaban J connectivity index is 4.24. The highest BCUT2D eigenvalue weighted by Crippen LogP contribution is 2.15. The van der Waals surface area contributed by atoms with Crippen LogP contribution in [0.25, 0.3) is 0 Å². The van der Waals surface area contributed by atoms with Gasteiger partial charge >= 0.3 is 17.9 Å². The molecule has 0 aliphatic rings. The molecule has 0 aliphatic heterocycles. The summed E-state index contributed by atoms with van der Waals surface area (Å²) < 4.78 is 17.4. The SMILES string of the molecule is CC/C=C/C/C=C/C/C=C/C/C=C/CCCCCCCCCCCC(=O)OCC(COCCC(C(=O)O)[N+](C)(C)C)OC(=O)CCCCCCC/C=C/CCCCCCCCCCC. The largest absolute Gasteiger partial charge is 0.477 e.